The summed E-state index contributed by atoms with van der Waals surface area (Å²) in [6, 6.07) is 3.48. The molecule has 1 saturated heterocycles. The van der Waals surface area contributed by atoms with Crippen LogP contribution in [0.1, 0.15) is 58.4 Å². The molecule has 37 heavy (non-hydrogen) atoms. The maximum atomic E-state index is 13.1. The van der Waals surface area contributed by atoms with Crippen molar-refractivity contribution in [2.45, 2.75) is 76.6 Å². The number of likely N-dealkylation sites (N-methyl/N-ethyl adjacent to an activating group) is 1. The van der Waals surface area contributed by atoms with Crippen molar-refractivity contribution in [3.63, 3.8) is 0 Å². The third kappa shape index (κ3) is 10.4. The fraction of sp³-hybridized carbons (Fsp3) is 0.600. The summed E-state index contributed by atoms with van der Waals surface area (Å²) in [4.78, 5) is 61.2. The summed E-state index contributed by atoms with van der Waals surface area (Å²) in [7, 11) is 3.80. The number of unbranched alkanes of at least 4 members (excludes halogenated alkanes) is 1. The smallest absolute Gasteiger partial charge is 0.289 e. The molecule has 10 nitrogen and oxygen atoms in total. The Morgan fingerprint density at radius 2 is 1.81 bits per heavy atom. The van der Waals surface area contributed by atoms with Gasteiger partial charge in [-0.05, 0) is 37.7 Å². The number of non-ortho nitro benzene ring substituents is 1. The number of hydrogen-bond acceptors (Lipinski definition) is 8. The molecule has 0 bridgehead atoms. The number of rotatable bonds is 15. The Labute approximate surface area is 225 Å². The van der Waals surface area contributed by atoms with E-state index in [0.717, 1.165) is 19.3 Å². The van der Waals surface area contributed by atoms with Gasteiger partial charge in [-0.2, -0.15) is 0 Å². The molecule has 1 heterocycles. The van der Waals surface area contributed by atoms with Gasteiger partial charge in [0.25, 0.3) is 11.6 Å². The zero-order chi connectivity index (χ0) is 27.4. The van der Waals surface area contributed by atoms with Crippen LogP contribution in [0.2, 0.25) is 0 Å². The van der Waals surface area contributed by atoms with E-state index in [-0.39, 0.29) is 30.5 Å². The first-order chi connectivity index (χ1) is 17.6. The van der Waals surface area contributed by atoms with Crippen LogP contribution in [0.25, 0.3) is 0 Å². The number of Topliss-reactive ketones (excluding diaryl/α,β-unsaturated/α-hetero) is 1. The molecule has 12 heteroatoms. The molecule has 3 N–H and O–H groups in total. The van der Waals surface area contributed by atoms with E-state index in [2.05, 4.69) is 16.0 Å². The fourth-order valence-electron chi connectivity index (χ4n) is 3.87. The monoisotopic (exact) mass is 552 g/mol. The number of nitro groups is 1. The van der Waals surface area contributed by atoms with Crippen molar-refractivity contribution in [1.29, 1.82) is 0 Å². The third-order valence-corrected chi connectivity index (χ3v) is 8.96. The number of nitrogens with one attached hydrogen (secondary N) is 3. The highest BCUT2D eigenvalue weighted by Crippen LogP contribution is 2.39. The molecule has 1 aliphatic heterocycles. The average Bonchev–Trinajstić information content (AvgIpc) is 3.38. The molecule has 3 amide bonds. The van der Waals surface area contributed by atoms with Gasteiger partial charge in [-0.1, -0.05) is 54.0 Å². The van der Waals surface area contributed by atoms with Crippen molar-refractivity contribution in [3.05, 3.63) is 39.9 Å². The molecule has 0 saturated carbocycles. The Morgan fingerprint density at radius 1 is 1.11 bits per heavy atom. The van der Waals surface area contributed by atoms with Crippen LogP contribution in [0.4, 0.5) is 5.69 Å². The van der Waals surface area contributed by atoms with Crippen molar-refractivity contribution in [1.82, 2.24) is 16.0 Å². The highest BCUT2D eigenvalue weighted by Gasteiger charge is 2.31. The molecule has 0 aromatic heterocycles. The Bertz CT molecular complexity index is 951. The van der Waals surface area contributed by atoms with Gasteiger partial charge in [0.15, 0.2) is 0 Å². The van der Waals surface area contributed by atoms with E-state index in [1.165, 1.54) is 36.4 Å². The van der Waals surface area contributed by atoms with Crippen LogP contribution in [0.5, 0.6) is 0 Å². The molecule has 1 fully saturated rings. The molecular formula is C25H36N4O6S2. The quantitative estimate of drug-likeness (QED) is 0.0988. The van der Waals surface area contributed by atoms with Crippen molar-refractivity contribution >= 4 is 50.8 Å². The predicted octanol–water partition coefficient (Wildman–Crippen LogP) is 3.18. The Morgan fingerprint density at radius 3 is 2.38 bits per heavy atom. The molecule has 1 unspecified atom stereocenters. The maximum absolute atomic E-state index is 13.1. The first kappa shape index (κ1) is 30.6. The third-order valence-electron chi connectivity index (χ3n) is 5.95. The number of carbonyl (C=O) groups is 4. The highest BCUT2D eigenvalue weighted by atomic mass is 33.1. The van der Waals surface area contributed by atoms with E-state index >= 15 is 0 Å². The van der Waals surface area contributed by atoms with Crippen molar-refractivity contribution in [3.8, 4) is 0 Å². The van der Waals surface area contributed by atoms with Gasteiger partial charge in [0.1, 0.15) is 12.1 Å². The number of nitro benzene ring substituents is 1. The largest absolute Gasteiger partial charge is 0.350 e. The number of carbonyl (C=O) groups excluding carboxylic acids is 4. The molecule has 1 aromatic carbocycles. The number of benzene rings is 1. The minimum atomic E-state index is -1.19. The minimum Gasteiger partial charge on any atom is -0.350 e. The van der Waals surface area contributed by atoms with Crippen LogP contribution < -0.4 is 16.0 Å². The zero-order valence-electron chi connectivity index (χ0n) is 21.5. The second kappa shape index (κ2) is 15.6. The Hall–Kier alpha value is -2.60. The van der Waals surface area contributed by atoms with Gasteiger partial charge in [-0.15, -0.1) is 0 Å². The first-order valence-corrected chi connectivity index (χ1v) is 14.9. The number of ketones is 1. The van der Waals surface area contributed by atoms with E-state index in [4.69, 9.17) is 0 Å². The summed E-state index contributed by atoms with van der Waals surface area (Å²) >= 11 is 0. The highest BCUT2D eigenvalue weighted by molar-refractivity contribution is 8.77. The standard InChI is InChI=1S/C25H36N4O6S2/c1-4-26-25(33)23(31)20(15-17-9-11-18(12-10-17)29(34)35)27-24(32)22(16(2)3)28-21(30)8-6-5-7-19-13-14-36-37-19/h9-12,16,19-20,22H,4-8,13-15H2,1-3H3,(H,26,33)(H,27,32)(H,28,30)/t19?,20-,22-/m0/s1. The SMILES string of the molecule is CCNC(=O)C(=O)[C@H](Cc1ccc([N+](=O)[O-])cc1)NC(=O)[C@@H](NC(=O)CCCCC1CCSS1)C(C)C. The molecule has 1 aromatic rings. The second-order valence-electron chi connectivity index (χ2n) is 9.28. The van der Waals surface area contributed by atoms with E-state index in [0.29, 0.717) is 17.2 Å². The molecule has 204 valence electrons. The molecule has 1 aliphatic rings. The van der Waals surface area contributed by atoms with Gasteiger partial charge < -0.3 is 16.0 Å². The van der Waals surface area contributed by atoms with Gasteiger partial charge in [0, 0.05) is 42.5 Å². The minimum absolute atomic E-state index is 0.0318. The van der Waals surface area contributed by atoms with Crippen LogP contribution in [-0.4, -0.2) is 58.1 Å². The first-order valence-electron chi connectivity index (χ1n) is 12.6. The van der Waals surface area contributed by atoms with Crippen LogP contribution in [0.15, 0.2) is 24.3 Å². The molecule has 2 rings (SSSR count). The van der Waals surface area contributed by atoms with E-state index in [1.54, 1.807) is 20.8 Å². The Kier molecular flexibility index (Phi) is 12.9. The van der Waals surface area contributed by atoms with Gasteiger partial charge in [0.05, 0.1) is 4.92 Å². The van der Waals surface area contributed by atoms with Gasteiger partial charge in [-0.25, -0.2) is 0 Å². The normalized spacial score (nSPS) is 16.6. The summed E-state index contributed by atoms with van der Waals surface area (Å²) in [6.45, 7) is 5.49. The fourth-order valence-corrected chi connectivity index (χ4v) is 6.90. The summed E-state index contributed by atoms with van der Waals surface area (Å²) in [5.74, 6) is -1.54. The van der Waals surface area contributed by atoms with Crippen molar-refractivity contribution < 1.29 is 24.1 Å². The van der Waals surface area contributed by atoms with Crippen molar-refractivity contribution in [2.24, 2.45) is 5.92 Å². The van der Waals surface area contributed by atoms with Crippen LogP contribution in [-0.2, 0) is 25.6 Å². The van der Waals surface area contributed by atoms with Crippen LogP contribution in [0, 0.1) is 16.0 Å². The topological polar surface area (TPSA) is 148 Å². The van der Waals surface area contributed by atoms with Gasteiger partial charge in [-0.3, -0.25) is 29.3 Å². The Balaban J connectivity index is 2.02. The molecule has 0 spiro atoms. The lowest BCUT2D eigenvalue weighted by molar-refractivity contribution is -0.384. The summed E-state index contributed by atoms with van der Waals surface area (Å²) in [5, 5.41) is 19.4. The van der Waals surface area contributed by atoms with Crippen LogP contribution in [0.3, 0.4) is 0 Å². The lowest BCUT2D eigenvalue weighted by Gasteiger charge is -2.25. The number of nitrogens with zero attached hydrogens (tertiary/aromatic N) is 1. The van der Waals surface area contributed by atoms with Crippen LogP contribution >= 0.6 is 21.6 Å². The molecule has 0 aliphatic carbocycles. The predicted molar refractivity (Wildman–Crippen MR) is 146 cm³/mol. The molecular weight excluding hydrogens is 516 g/mol. The lowest BCUT2D eigenvalue weighted by atomic mass is 9.98. The number of amides is 3. The summed E-state index contributed by atoms with van der Waals surface area (Å²) in [5.41, 5.74) is 0.431. The maximum Gasteiger partial charge on any atom is 0.289 e. The zero-order valence-corrected chi connectivity index (χ0v) is 23.1. The summed E-state index contributed by atoms with van der Waals surface area (Å²) in [6.07, 6.45) is 4.24. The van der Waals surface area contributed by atoms with Crippen molar-refractivity contribution in [2.75, 3.05) is 12.3 Å². The van der Waals surface area contributed by atoms with Gasteiger partial charge in [0.2, 0.25) is 17.6 Å². The lowest BCUT2D eigenvalue weighted by Crippen LogP contribution is -2.56. The van der Waals surface area contributed by atoms with E-state index in [9.17, 15) is 29.3 Å². The van der Waals surface area contributed by atoms with Gasteiger partial charge >= 0.3 is 0 Å². The number of hydrogen-bond donors (Lipinski definition) is 3. The summed E-state index contributed by atoms with van der Waals surface area (Å²) < 4.78 is 0. The average molecular weight is 553 g/mol. The second-order valence-corrected chi connectivity index (χ2v) is 12.1. The van der Waals surface area contributed by atoms with E-state index in [1.807, 2.05) is 21.6 Å². The molecule has 0 radical (unpaired) electrons. The molecule has 3 atom stereocenters. The van der Waals surface area contributed by atoms with E-state index < -0.39 is 34.6 Å².